The summed E-state index contributed by atoms with van der Waals surface area (Å²) in [5.74, 6) is -0.147. The molecule has 6 heteroatoms. The third-order valence-corrected chi connectivity index (χ3v) is 6.21. The molecule has 2 aliphatic heterocycles. The van der Waals surface area contributed by atoms with E-state index >= 15 is 0 Å². The molecule has 1 N–H and O–H groups in total. The van der Waals surface area contributed by atoms with Crippen LogP contribution in [0.3, 0.4) is 0 Å². The number of nitrogens with one attached hydrogen (secondary N) is 1. The van der Waals surface area contributed by atoms with Crippen molar-refractivity contribution >= 4 is 34.8 Å². The van der Waals surface area contributed by atoms with Crippen LogP contribution in [0, 0.1) is 5.92 Å². The SMILES string of the molecule is CCC(=O)N1CCc2cc(N3C[C@@H](C(=O)Nc4ccccc4C(C)C)CC3=O)ccc21. The molecular weight excluding hydrogens is 390 g/mol. The first-order valence-electron chi connectivity index (χ1n) is 11.0. The highest BCUT2D eigenvalue weighted by atomic mass is 16.2. The number of para-hydroxylation sites is 1. The minimum Gasteiger partial charge on any atom is -0.326 e. The number of rotatable bonds is 5. The molecule has 0 aromatic heterocycles. The van der Waals surface area contributed by atoms with Crippen molar-refractivity contribution in [3.05, 3.63) is 53.6 Å². The van der Waals surface area contributed by atoms with Gasteiger partial charge in [0.15, 0.2) is 0 Å². The number of carbonyl (C=O) groups excluding carboxylic acids is 3. The Labute approximate surface area is 183 Å². The lowest BCUT2D eigenvalue weighted by atomic mass is 10.0. The van der Waals surface area contributed by atoms with Crippen LogP contribution in [0.15, 0.2) is 42.5 Å². The molecule has 0 aliphatic carbocycles. The van der Waals surface area contributed by atoms with E-state index in [4.69, 9.17) is 0 Å². The summed E-state index contributed by atoms with van der Waals surface area (Å²) in [5, 5.41) is 3.03. The molecule has 162 valence electrons. The monoisotopic (exact) mass is 419 g/mol. The highest BCUT2D eigenvalue weighted by Crippen LogP contribution is 2.34. The molecule has 2 aliphatic rings. The number of amides is 3. The number of hydrogen-bond acceptors (Lipinski definition) is 3. The van der Waals surface area contributed by atoms with Gasteiger partial charge in [0.1, 0.15) is 0 Å². The van der Waals surface area contributed by atoms with E-state index in [9.17, 15) is 14.4 Å². The summed E-state index contributed by atoms with van der Waals surface area (Å²) in [6.45, 7) is 7.09. The van der Waals surface area contributed by atoms with Crippen LogP contribution in [0.4, 0.5) is 17.1 Å². The van der Waals surface area contributed by atoms with E-state index in [1.165, 1.54) is 0 Å². The van der Waals surface area contributed by atoms with Crippen molar-refractivity contribution in [2.75, 3.05) is 28.2 Å². The van der Waals surface area contributed by atoms with Crippen LogP contribution < -0.4 is 15.1 Å². The van der Waals surface area contributed by atoms with Crippen molar-refractivity contribution in [3.8, 4) is 0 Å². The van der Waals surface area contributed by atoms with Gasteiger partial charge < -0.3 is 15.1 Å². The fourth-order valence-electron chi connectivity index (χ4n) is 4.49. The quantitative estimate of drug-likeness (QED) is 0.793. The van der Waals surface area contributed by atoms with Crippen molar-refractivity contribution in [3.63, 3.8) is 0 Å². The van der Waals surface area contributed by atoms with Crippen molar-refractivity contribution < 1.29 is 14.4 Å². The second-order valence-corrected chi connectivity index (χ2v) is 8.60. The maximum Gasteiger partial charge on any atom is 0.229 e. The molecule has 3 amide bonds. The summed E-state index contributed by atoms with van der Waals surface area (Å²) in [5.41, 5.74) is 4.70. The third kappa shape index (κ3) is 4.07. The van der Waals surface area contributed by atoms with Crippen molar-refractivity contribution in [2.24, 2.45) is 5.92 Å². The summed E-state index contributed by atoms with van der Waals surface area (Å²) in [4.78, 5) is 41.3. The summed E-state index contributed by atoms with van der Waals surface area (Å²) < 4.78 is 0. The number of fused-ring (bicyclic) bond motifs is 1. The Morgan fingerprint density at radius 1 is 1.16 bits per heavy atom. The van der Waals surface area contributed by atoms with Gasteiger partial charge >= 0.3 is 0 Å². The van der Waals surface area contributed by atoms with Crippen LogP contribution in [0.1, 0.15) is 50.7 Å². The predicted molar refractivity (Wildman–Crippen MR) is 122 cm³/mol. The summed E-state index contributed by atoms with van der Waals surface area (Å²) >= 11 is 0. The molecule has 2 heterocycles. The van der Waals surface area contributed by atoms with Crippen LogP contribution in [0.5, 0.6) is 0 Å². The molecular formula is C25H29N3O3. The first-order chi connectivity index (χ1) is 14.9. The second-order valence-electron chi connectivity index (χ2n) is 8.60. The van der Waals surface area contributed by atoms with Gasteiger partial charge in [-0.25, -0.2) is 0 Å². The molecule has 2 aromatic carbocycles. The molecule has 6 nitrogen and oxygen atoms in total. The first kappa shape index (κ1) is 21.1. The second kappa shape index (κ2) is 8.53. The summed E-state index contributed by atoms with van der Waals surface area (Å²) in [7, 11) is 0. The largest absolute Gasteiger partial charge is 0.326 e. The Morgan fingerprint density at radius 3 is 2.68 bits per heavy atom. The lowest BCUT2D eigenvalue weighted by Gasteiger charge is -2.20. The van der Waals surface area contributed by atoms with Crippen LogP contribution in [-0.2, 0) is 20.8 Å². The smallest absolute Gasteiger partial charge is 0.229 e. The van der Waals surface area contributed by atoms with E-state index in [0.29, 0.717) is 25.4 Å². The van der Waals surface area contributed by atoms with E-state index in [0.717, 1.165) is 34.6 Å². The van der Waals surface area contributed by atoms with Crippen LogP contribution in [-0.4, -0.2) is 30.8 Å². The highest BCUT2D eigenvalue weighted by Gasteiger charge is 2.36. The third-order valence-electron chi connectivity index (χ3n) is 6.21. The zero-order valence-corrected chi connectivity index (χ0v) is 18.4. The minimum absolute atomic E-state index is 0.0447. The molecule has 4 rings (SSSR count). The van der Waals surface area contributed by atoms with E-state index in [1.807, 2.05) is 54.3 Å². The molecule has 0 spiro atoms. The number of nitrogens with zero attached hydrogens (tertiary/aromatic N) is 2. The lowest BCUT2D eigenvalue weighted by molar-refractivity contribution is -0.122. The number of hydrogen-bond donors (Lipinski definition) is 1. The number of carbonyl (C=O) groups is 3. The molecule has 1 fully saturated rings. The van der Waals surface area contributed by atoms with E-state index in [2.05, 4.69) is 19.2 Å². The Kier molecular flexibility index (Phi) is 5.81. The zero-order valence-electron chi connectivity index (χ0n) is 18.4. The normalized spacial score (nSPS) is 17.9. The highest BCUT2D eigenvalue weighted by molar-refractivity contribution is 6.04. The topological polar surface area (TPSA) is 69.7 Å². The van der Waals surface area contributed by atoms with Gasteiger partial charge in [0.2, 0.25) is 17.7 Å². The molecule has 1 saturated heterocycles. The zero-order chi connectivity index (χ0) is 22.1. The van der Waals surface area contributed by atoms with Crippen LogP contribution in [0.2, 0.25) is 0 Å². The van der Waals surface area contributed by atoms with Crippen molar-refractivity contribution in [1.82, 2.24) is 0 Å². The predicted octanol–water partition coefficient (Wildman–Crippen LogP) is 4.10. The molecule has 31 heavy (non-hydrogen) atoms. The van der Waals surface area contributed by atoms with E-state index in [-0.39, 0.29) is 30.1 Å². The standard InChI is InChI=1S/C25H29N3O3/c1-4-23(29)27-12-11-17-13-19(9-10-22(17)27)28-15-18(14-24(28)30)25(31)26-21-8-6-5-7-20(21)16(2)3/h5-10,13,16,18H,4,11-12,14-15H2,1-3H3,(H,26,31)/t18-/m0/s1. The maximum atomic E-state index is 12.9. The first-order valence-corrected chi connectivity index (χ1v) is 11.0. The summed E-state index contributed by atoms with van der Waals surface area (Å²) in [6.07, 6.45) is 1.46. The molecule has 0 saturated carbocycles. The van der Waals surface area contributed by atoms with Crippen LogP contribution in [0.25, 0.3) is 0 Å². The van der Waals surface area contributed by atoms with Gasteiger partial charge in [-0.2, -0.15) is 0 Å². The summed E-state index contributed by atoms with van der Waals surface area (Å²) in [6, 6.07) is 13.6. The molecule has 0 radical (unpaired) electrons. The lowest BCUT2D eigenvalue weighted by Crippen LogP contribution is -2.29. The minimum atomic E-state index is -0.390. The van der Waals surface area contributed by atoms with Gasteiger partial charge in [0.05, 0.1) is 5.92 Å². The van der Waals surface area contributed by atoms with Crippen LogP contribution >= 0.6 is 0 Å². The molecule has 1 atom stereocenters. The molecule has 0 unspecified atom stereocenters. The Hall–Kier alpha value is -3.15. The van der Waals surface area contributed by atoms with E-state index in [1.54, 1.807) is 4.90 Å². The van der Waals surface area contributed by atoms with Gasteiger partial charge in [-0.05, 0) is 47.7 Å². The van der Waals surface area contributed by atoms with Gasteiger partial charge in [-0.3, -0.25) is 14.4 Å². The Morgan fingerprint density at radius 2 is 1.94 bits per heavy atom. The molecule has 2 aromatic rings. The average molecular weight is 420 g/mol. The van der Waals surface area contributed by atoms with Crippen molar-refractivity contribution in [1.29, 1.82) is 0 Å². The maximum absolute atomic E-state index is 12.9. The average Bonchev–Trinajstić information content (AvgIpc) is 3.36. The van der Waals surface area contributed by atoms with Gasteiger partial charge in [-0.1, -0.05) is 39.0 Å². The Bertz CT molecular complexity index is 1030. The molecule has 0 bridgehead atoms. The van der Waals surface area contributed by atoms with Gasteiger partial charge in [-0.15, -0.1) is 0 Å². The van der Waals surface area contributed by atoms with Crippen molar-refractivity contribution in [2.45, 2.75) is 46.0 Å². The Balaban J connectivity index is 1.48. The van der Waals surface area contributed by atoms with Gasteiger partial charge in [0.25, 0.3) is 0 Å². The number of benzene rings is 2. The van der Waals surface area contributed by atoms with E-state index < -0.39 is 0 Å². The number of anilines is 3. The fraction of sp³-hybridized carbons (Fsp3) is 0.400. The fourth-order valence-corrected chi connectivity index (χ4v) is 4.49. The van der Waals surface area contributed by atoms with Gasteiger partial charge in [0, 0.05) is 43.0 Å².